The molecule has 2 aromatic rings. The van der Waals surface area contributed by atoms with E-state index in [1.54, 1.807) is 12.1 Å². The van der Waals surface area contributed by atoms with Gasteiger partial charge in [-0.25, -0.2) is 0 Å². The first-order valence-electron chi connectivity index (χ1n) is 7.78. The molecule has 0 aromatic heterocycles. The van der Waals surface area contributed by atoms with Gasteiger partial charge in [-0.1, -0.05) is 42.5 Å². The van der Waals surface area contributed by atoms with Crippen LogP contribution in [0.4, 0.5) is 0 Å². The molecule has 2 atom stereocenters. The monoisotopic (exact) mass is 331 g/mol. The molecule has 1 aliphatic heterocycles. The summed E-state index contributed by atoms with van der Waals surface area (Å²) in [5.74, 6) is 1.21. The van der Waals surface area contributed by atoms with E-state index in [1.165, 1.54) is 11.1 Å². The van der Waals surface area contributed by atoms with Crippen molar-refractivity contribution < 1.29 is 12.6 Å². The maximum Gasteiger partial charge on any atom is 0.306 e. The second-order valence-electron chi connectivity index (χ2n) is 5.97. The van der Waals surface area contributed by atoms with Crippen LogP contribution in [0.3, 0.4) is 0 Å². The molecule has 0 radical (unpaired) electrons. The van der Waals surface area contributed by atoms with Crippen molar-refractivity contribution in [2.45, 2.75) is 18.3 Å². The van der Waals surface area contributed by atoms with Crippen molar-refractivity contribution >= 4 is 10.1 Å². The van der Waals surface area contributed by atoms with Crippen LogP contribution in [-0.4, -0.2) is 27.8 Å². The van der Waals surface area contributed by atoms with E-state index in [4.69, 9.17) is 4.18 Å². The summed E-state index contributed by atoms with van der Waals surface area (Å²) in [6, 6.07) is 18.0. The molecule has 0 unspecified atom stereocenters. The van der Waals surface area contributed by atoms with Gasteiger partial charge in [-0.05, 0) is 42.1 Å². The van der Waals surface area contributed by atoms with Crippen LogP contribution in [0.25, 0.3) is 0 Å². The highest BCUT2D eigenvalue weighted by atomic mass is 32.2. The zero-order valence-electron chi connectivity index (χ0n) is 13.1. The van der Waals surface area contributed by atoms with Crippen molar-refractivity contribution in [3.63, 3.8) is 0 Å². The fraction of sp³-hybridized carbons (Fsp3) is 0.333. The Hall–Kier alpha value is -1.85. The molecule has 1 aliphatic rings. The second kappa shape index (κ2) is 6.72. The van der Waals surface area contributed by atoms with Crippen LogP contribution in [0.15, 0.2) is 54.6 Å². The minimum absolute atomic E-state index is 0.362. The maximum atomic E-state index is 11.2. The average molecular weight is 331 g/mol. The molecule has 4 nitrogen and oxygen atoms in total. The fourth-order valence-electron chi connectivity index (χ4n) is 3.25. The smallest absolute Gasteiger partial charge is 0.306 e. The van der Waals surface area contributed by atoms with Crippen molar-refractivity contribution in [1.29, 1.82) is 0 Å². The van der Waals surface area contributed by atoms with Gasteiger partial charge in [0.25, 0.3) is 0 Å². The van der Waals surface area contributed by atoms with Gasteiger partial charge in [0, 0.05) is 12.5 Å². The molecule has 1 saturated heterocycles. The number of rotatable bonds is 4. The predicted octanol–water partition coefficient (Wildman–Crippen LogP) is 2.89. The molecular weight excluding hydrogens is 310 g/mol. The zero-order chi connectivity index (χ0) is 16.3. The molecule has 0 amide bonds. The van der Waals surface area contributed by atoms with Gasteiger partial charge in [0.05, 0.1) is 6.26 Å². The number of hydrogen-bond acceptors (Lipinski definition) is 4. The van der Waals surface area contributed by atoms with Crippen molar-refractivity contribution in [2.24, 2.45) is 0 Å². The highest BCUT2D eigenvalue weighted by molar-refractivity contribution is 7.86. The molecule has 0 saturated carbocycles. The van der Waals surface area contributed by atoms with Crippen LogP contribution in [0, 0.1) is 0 Å². The lowest BCUT2D eigenvalue weighted by Crippen LogP contribution is -2.34. The lowest BCUT2D eigenvalue weighted by Gasteiger charge is -2.33. The quantitative estimate of drug-likeness (QED) is 0.875. The van der Waals surface area contributed by atoms with Crippen molar-refractivity contribution in [2.75, 3.05) is 19.3 Å². The minimum atomic E-state index is -3.48. The van der Waals surface area contributed by atoms with Gasteiger partial charge < -0.3 is 9.50 Å². The summed E-state index contributed by atoms with van der Waals surface area (Å²) in [7, 11) is -3.48. The molecule has 5 heteroatoms. The summed E-state index contributed by atoms with van der Waals surface area (Å²) in [5, 5.41) is 3.47. The summed E-state index contributed by atoms with van der Waals surface area (Å²) in [5.41, 5.74) is 2.56. The SMILES string of the molecule is CS(=O)(=O)Oc1ccc([C@H]2CCNC[C@@H]2c2ccccc2)cc1. The van der Waals surface area contributed by atoms with Crippen LogP contribution in [-0.2, 0) is 10.1 Å². The number of benzene rings is 2. The predicted molar refractivity (Wildman–Crippen MR) is 91.3 cm³/mol. The third kappa shape index (κ3) is 4.12. The van der Waals surface area contributed by atoms with E-state index in [9.17, 15) is 8.42 Å². The molecule has 1 fully saturated rings. The first-order valence-corrected chi connectivity index (χ1v) is 9.60. The summed E-state index contributed by atoms with van der Waals surface area (Å²) < 4.78 is 27.3. The van der Waals surface area contributed by atoms with Crippen LogP contribution < -0.4 is 9.50 Å². The van der Waals surface area contributed by atoms with Crippen LogP contribution in [0.5, 0.6) is 5.75 Å². The highest BCUT2D eigenvalue weighted by Crippen LogP contribution is 2.37. The largest absolute Gasteiger partial charge is 0.383 e. The van der Waals surface area contributed by atoms with E-state index < -0.39 is 10.1 Å². The topological polar surface area (TPSA) is 55.4 Å². The Morgan fingerprint density at radius 1 is 0.957 bits per heavy atom. The van der Waals surface area contributed by atoms with Crippen LogP contribution >= 0.6 is 0 Å². The van der Waals surface area contributed by atoms with Crippen LogP contribution in [0.2, 0.25) is 0 Å². The van der Waals surface area contributed by atoms with Crippen molar-refractivity contribution in [3.05, 3.63) is 65.7 Å². The van der Waals surface area contributed by atoms with Gasteiger partial charge in [0.15, 0.2) is 0 Å². The number of piperidine rings is 1. The Bertz CT molecular complexity index is 742. The van der Waals surface area contributed by atoms with Gasteiger partial charge >= 0.3 is 10.1 Å². The number of nitrogens with one attached hydrogen (secondary N) is 1. The lowest BCUT2D eigenvalue weighted by molar-refractivity contribution is 0.404. The van der Waals surface area contributed by atoms with Crippen molar-refractivity contribution in [1.82, 2.24) is 5.32 Å². The first kappa shape index (κ1) is 16.0. The summed E-state index contributed by atoms with van der Waals surface area (Å²) in [6.07, 6.45) is 2.12. The molecular formula is C18H21NO3S. The molecule has 0 aliphatic carbocycles. The summed E-state index contributed by atoms with van der Waals surface area (Å²) >= 11 is 0. The van der Waals surface area contributed by atoms with Gasteiger partial charge in [-0.2, -0.15) is 8.42 Å². The van der Waals surface area contributed by atoms with E-state index >= 15 is 0 Å². The highest BCUT2D eigenvalue weighted by Gasteiger charge is 2.27. The Morgan fingerprint density at radius 3 is 2.26 bits per heavy atom. The Labute approximate surface area is 137 Å². The molecule has 0 bridgehead atoms. The molecule has 122 valence electrons. The van der Waals surface area contributed by atoms with E-state index in [0.717, 1.165) is 25.8 Å². The zero-order valence-corrected chi connectivity index (χ0v) is 13.9. The third-order valence-electron chi connectivity index (χ3n) is 4.27. The molecule has 23 heavy (non-hydrogen) atoms. The minimum Gasteiger partial charge on any atom is -0.383 e. The normalized spacial score (nSPS) is 21.8. The Kier molecular flexibility index (Phi) is 4.68. The molecule has 0 spiro atoms. The van der Waals surface area contributed by atoms with Crippen LogP contribution in [0.1, 0.15) is 29.4 Å². The average Bonchev–Trinajstić information content (AvgIpc) is 2.55. The molecule has 1 heterocycles. The standard InChI is InChI=1S/C18H21NO3S/c1-23(20,21)22-16-9-7-15(8-10-16)17-11-12-19-13-18(17)14-5-3-2-4-6-14/h2-10,17-19H,11-13H2,1H3/t17-,18-/m1/s1. The van der Waals surface area contributed by atoms with E-state index in [-0.39, 0.29) is 0 Å². The number of hydrogen-bond donors (Lipinski definition) is 1. The fourth-order valence-corrected chi connectivity index (χ4v) is 3.71. The van der Waals surface area contributed by atoms with E-state index in [0.29, 0.717) is 17.6 Å². The van der Waals surface area contributed by atoms with Gasteiger partial charge in [0.1, 0.15) is 5.75 Å². The molecule has 3 rings (SSSR count). The third-order valence-corrected chi connectivity index (χ3v) is 4.76. The maximum absolute atomic E-state index is 11.2. The summed E-state index contributed by atoms with van der Waals surface area (Å²) in [6.45, 7) is 1.95. The Morgan fingerprint density at radius 2 is 1.61 bits per heavy atom. The van der Waals surface area contributed by atoms with Crippen molar-refractivity contribution in [3.8, 4) is 5.75 Å². The lowest BCUT2D eigenvalue weighted by atomic mass is 9.77. The molecule has 2 aromatic carbocycles. The van der Waals surface area contributed by atoms with Gasteiger partial charge in [-0.15, -0.1) is 0 Å². The summed E-state index contributed by atoms with van der Waals surface area (Å²) in [4.78, 5) is 0. The first-order chi connectivity index (χ1) is 11.0. The second-order valence-corrected chi connectivity index (χ2v) is 7.55. The van der Waals surface area contributed by atoms with E-state index in [2.05, 4.69) is 29.6 Å². The van der Waals surface area contributed by atoms with Gasteiger partial charge in [-0.3, -0.25) is 0 Å². The Balaban J connectivity index is 1.83. The van der Waals surface area contributed by atoms with E-state index in [1.807, 2.05) is 18.2 Å². The van der Waals surface area contributed by atoms with Gasteiger partial charge in [0.2, 0.25) is 0 Å². The molecule has 1 N–H and O–H groups in total.